The number of rotatable bonds is 39. The Morgan fingerprint density at radius 1 is 0.371 bits per heavy atom. The van der Waals surface area contributed by atoms with E-state index in [0.29, 0.717) is 61.6 Å². The number of benzene rings is 2. The Morgan fingerprint density at radius 2 is 0.629 bits per heavy atom. The van der Waals surface area contributed by atoms with Crippen LogP contribution in [0, 0.1) is 0 Å². The first-order valence-corrected chi connectivity index (χ1v) is 33.0. The molecule has 1 heterocycles. The molecule has 2 aromatic rings. The first-order valence-electron chi connectivity index (χ1n) is 33.0. The van der Waals surface area contributed by atoms with E-state index in [2.05, 4.69) is 184 Å². The quantitative estimate of drug-likeness (QED) is 0.0517. The van der Waals surface area contributed by atoms with Crippen molar-refractivity contribution in [2.45, 2.75) is 233 Å². The summed E-state index contributed by atoms with van der Waals surface area (Å²) in [4.78, 5) is 23.9. The number of hydrogen-bond donors (Lipinski definition) is 1. The summed E-state index contributed by atoms with van der Waals surface area (Å²) in [6.07, 6.45) is 46.2. The minimum absolute atomic E-state index is 0.181. The second-order valence-corrected chi connectivity index (χ2v) is 24.8. The minimum atomic E-state index is -0.986. The minimum Gasteiger partial charge on any atom is -0.486 e. The molecule has 0 atom stereocenters. The van der Waals surface area contributed by atoms with Gasteiger partial charge in [0.1, 0.15) is 26.4 Å². The van der Waals surface area contributed by atoms with Crippen LogP contribution in [0.5, 0.6) is 23.0 Å². The van der Waals surface area contributed by atoms with E-state index in [9.17, 15) is 14.7 Å². The monoisotopic (exact) mass is 1220 g/mol. The lowest BCUT2D eigenvalue weighted by Crippen LogP contribution is -2.07. The van der Waals surface area contributed by atoms with Crippen LogP contribution in [0.3, 0.4) is 0 Å². The SMILES string of the molecule is C1CCOC1.CC(C)=CCC/C(C)=C/CC/C(C)=C/COc1ccc(C(=O)O)cc1OC/C=C(\C)CC/C=C(\C)CCC=C(C)C.CCOC(=O)c1ccc(OC/C=C(\C)CC/C=C(\C)CCC=C(C)C)c(OC/C=C(\C)CC/C=C(\C)CCC=C(C)C)c1. The van der Waals surface area contributed by atoms with E-state index >= 15 is 0 Å². The molecule has 9 heteroatoms. The fourth-order valence-corrected chi connectivity index (χ4v) is 8.92. The molecule has 494 valence electrons. The molecule has 0 spiro atoms. The van der Waals surface area contributed by atoms with Crippen molar-refractivity contribution in [1.29, 1.82) is 0 Å². The first-order chi connectivity index (χ1) is 42.5. The van der Waals surface area contributed by atoms with Crippen molar-refractivity contribution in [3.05, 3.63) is 187 Å². The number of allylic oxidation sites excluding steroid dienone is 20. The van der Waals surface area contributed by atoms with Crippen molar-refractivity contribution < 1.29 is 43.1 Å². The van der Waals surface area contributed by atoms with Crippen LogP contribution in [0.25, 0.3) is 0 Å². The normalized spacial score (nSPS) is 13.3. The zero-order valence-corrected chi connectivity index (χ0v) is 58.8. The van der Waals surface area contributed by atoms with Crippen LogP contribution in [-0.2, 0) is 9.47 Å². The third kappa shape index (κ3) is 44.5. The molecule has 2 aromatic carbocycles. The molecular formula is C80H120O9. The lowest BCUT2D eigenvalue weighted by Gasteiger charge is -2.13. The Labute approximate surface area is 542 Å². The van der Waals surface area contributed by atoms with Gasteiger partial charge >= 0.3 is 11.9 Å². The van der Waals surface area contributed by atoms with Crippen LogP contribution < -0.4 is 18.9 Å². The molecule has 0 amide bonds. The van der Waals surface area contributed by atoms with Gasteiger partial charge in [0.15, 0.2) is 23.0 Å². The summed E-state index contributed by atoms with van der Waals surface area (Å²) in [5.41, 5.74) is 16.9. The average Bonchev–Trinajstić information content (AvgIpc) is 4.07. The van der Waals surface area contributed by atoms with Crippen LogP contribution >= 0.6 is 0 Å². The molecule has 0 unspecified atom stereocenters. The van der Waals surface area contributed by atoms with Gasteiger partial charge in [0.2, 0.25) is 0 Å². The van der Waals surface area contributed by atoms with Crippen molar-refractivity contribution in [2.24, 2.45) is 0 Å². The summed E-state index contributed by atoms with van der Waals surface area (Å²) in [6, 6.07) is 10.0. The highest BCUT2D eigenvalue weighted by Crippen LogP contribution is 2.31. The average molecular weight is 1230 g/mol. The third-order valence-electron chi connectivity index (χ3n) is 14.6. The van der Waals surface area contributed by atoms with Gasteiger partial charge in [-0.1, -0.05) is 115 Å². The third-order valence-corrected chi connectivity index (χ3v) is 14.6. The lowest BCUT2D eigenvalue weighted by molar-refractivity contribution is 0.0525. The Hall–Kier alpha value is -6.58. The number of ether oxygens (including phenoxy) is 6. The maximum atomic E-state index is 12.3. The number of carbonyl (C=O) groups is 2. The molecule has 1 aliphatic rings. The van der Waals surface area contributed by atoms with Gasteiger partial charge in [-0.25, -0.2) is 9.59 Å². The molecule has 0 aliphatic carbocycles. The molecule has 89 heavy (non-hydrogen) atoms. The van der Waals surface area contributed by atoms with Gasteiger partial charge in [-0.2, -0.15) is 0 Å². The first kappa shape index (κ1) is 80.4. The van der Waals surface area contributed by atoms with Crippen LogP contribution in [0.1, 0.15) is 254 Å². The van der Waals surface area contributed by atoms with Gasteiger partial charge < -0.3 is 33.5 Å². The molecule has 1 saturated heterocycles. The van der Waals surface area contributed by atoms with Crippen molar-refractivity contribution in [1.82, 2.24) is 0 Å². The summed E-state index contributed by atoms with van der Waals surface area (Å²) >= 11 is 0. The summed E-state index contributed by atoms with van der Waals surface area (Å²) in [5, 5.41) is 9.45. The van der Waals surface area contributed by atoms with Crippen molar-refractivity contribution in [2.75, 3.05) is 46.2 Å². The van der Waals surface area contributed by atoms with Gasteiger partial charge in [0.25, 0.3) is 0 Å². The Kier molecular flexibility index (Phi) is 45.4. The maximum Gasteiger partial charge on any atom is 0.338 e. The molecule has 0 bridgehead atoms. The maximum absolute atomic E-state index is 12.3. The molecule has 0 saturated carbocycles. The van der Waals surface area contributed by atoms with E-state index in [1.807, 2.05) is 0 Å². The molecule has 0 radical (unpaired) electrons. The molecule has 3 rings (SSSR count). The number of carbonyl (C=O) groups excluding carboxylic acids is 1. The Balaban J connectivity index is 0.000000823. The van der Waals surface area contributed by atoms with E-state index < -0.39 is 5.97 Å². The summed E-state index contributed by atoms with van der Waals surface area (Å²) in [6.45, 7) is 40.2. The zero-order chi connectivity index (χ0) is 66.2. The number of aromatic carboxylic acids is 1. The highest BCUT2D eigenvalue weighted by molar-refractivity contribution is 5.90. The predicted molar refractivity (Wildman–Crippen MR) is 379 cm³/mol. The second-order valence-electron chi connectivity index (χ2n) is 24.8. The van der Waals surface area contributed by atoms with Crippen LogP contribution in [-0.4, -0.2) is 63.3 Å². The van der Waals surface area contributed by atoms with E-state index in [0.717, 1.165) is 116 Å². The van der Waals surface area contributed by atoms with Crippen LogP contribution in [0.15, 0.2) is 176 Å². The number of carboxylic acids is 1. The smallest absolute Gasteiger partial charge is 0.338 e. The van der Waals surface area contributed by atoms with Gasteiger partial charge in [-0.15, -0.1) is 0 Å². The number of hydrogen-bond acceptors (Lipinski definition) is 8. The topological polar surface area (TPSA) is 110 Å². The fourth-order valence-electron chi connectivity index (χ4n) is 8.92. The van der Waals surface area contributed by atoms with Gasteiger partial charge in [-0.05, 0) is 294 Å². The summed E-state index contributed by atoms with van der Waals surface area (Å²) < 4.78 is 34.3. The van der Waals surface area contributed by atoms with Crippen LogP contribution in [0.4, 0.5) is 0 Å². The van der Waals surface area contributed by atoms with E-state index in [-0.39, 0.29) is 11.5 Å². The number of carboxylic acid groups (broad SMARTS) is 1. The van der Waals surface area contributed by atoms with E-state index in [1.165, 1.54) is 79.7 Å². The fraction of sp³-hybridized carbons (Fsp3) is 0.525. The highest BCUT2D eigenvalue weighted by atomic mass is 16.5. The Bertz CT molecular complexity index is 2750. The molecule has 1 N–H and O–H groups in total. The predicted octanol–water partition coefficient (Wildman–Crippen LogP) is 23.2. The van der Waals surface area contributed by atoms with Crippen molar-refractivity contribution in [3.63, 3.8) is 0 Å². The van der Waals surface area contributed by atoms with Crippen molar-refractivity contribution in [3.8, 4) is 23.0 Å². The van der Waals surface area contributed by atoms with Gasteiger partial charge in [0, 0.05) is 13.2 Å². The molecule has 1 aliphatic heterocycles. The van der Waals surface area contributed by atoms with Gasteiger partial charge in [0.05, 0.1) is 17.7 Å². The van der Waals surface area contributed by atoms with Crippen LogP contribution in [0.2, 0.25) is 0 Å². The molecule has 9 nitrogen and oxygen atoms in total. The Morgan fingerprint density at radius 3 is 0.888 bits per heavy atom. The summed E-state index contributed by atoms with van der Waals surface area (Å²) in [7, 11) is 0. The number of esters is 1. The van der Waals surface area contributed by atoms with E-state index in [4.69, 9.17) is 28.4 Å². The summed E-state index contributed by atoms with van der Waals surface area (Å²) in [5.74, 6) is 0.816. The largest absolute Gasteiger partial charge is 0.486 e. The lowest BCUT2D eigenvalue weighted by atomic mass is 10.1. The van der Waals surface area contributed by atoms with E-state index in [1.54, 1.807) is 43.3 Å². The van der Waals surface area contributed by atoms with Crippen molar-refractivity contribution >= 4 is 11.9 Å². The molecular weight excluding hydrogens is 1100 g/mol. The second kappa shape index (κ2) is 50.2. The molecule has 0 aromatic heterocycles. The molecule has 1 fully saturated rings. The zero-order valence-electron chi connectivity index (χ0n) is 58.8. The standard InChI is InChI=1S/C39H58O4.C37H54O4.C4H8O/c1-10-41-39(40)36-23-24-37(42-27-25-34(8)21-13-19-32(6)17-11-15-30(2)3)38(29-36)43-28-26-35(9)22-14-20-33(7)18-12-16-31(4)5;1-28(2)13-9-15-30(5)17-11-19-32(7)23-25-40-35-22-21-34(37(38)39)27-36(35)41-26-24-33(8)20-12-18-31(6)16-10-14-29(3)4;1-2-4-5-3-1/h15-16,19-20,23-26,29H,10-14,17-18,21-22,27-28H2,1-9H3;13-14,17-18,21-24,27H,9-12,15-16,19-20,25-26H2,1-8H3,(H,38,39);1-4H2/b32-19+,33-20+,34-25+,35-26+;30-17+,31-18+,32-23+,33-24+;. The van der Waals surface area contributed by atoms with Gasteiger partial charge in [-0.3, -0.25) is 0 Å². The highest BCUT2D eigenvalue weighted by Gasteiger charge is 2.14.